The third-order valence-corrected chi connectivity index (χ3v) is 12.6. The Balaban J connectivity index is 0.972. The molecule has 0 N–H and O–H groups in total. The van der Waals surface area contributed by atoms with Gasteiger partial charge >= 0.3 is 0 Å². The Morgan fingerprint density at radius 1 is 0.259 bits per heavy atom. The van der Waals surface area contributed by atoms with Gasteiger partial charge in [-0.25, -0.2) is 0 Å². The largest absolute Gasteiger partial charge is 0.310 e. The van der Waals surface area contributed by atoms with E-state index in [1.807, 2.05) is 11.3 Å². The van der Waals surface area contributed by atoms with Gasteiger partial charge < -0.3 is 4.90 Å². The van der Waals surface area contributed by atoms with Crippen molar-refractivity contribution in [2.45, 2.75) is 0 Å². The van der Waals surface area contributed by atoms with Gasteiger partial charge in [0.05, 0.1) is 0 Å². The lowest BCUT2D eigenvalue weighted by Crippen LogP contribution is -2.10. The van der Waals surface area contributed by atoms with Crippen LogP contribution in [0.4, 0.5) is 17.1 Å². The highest BCUT2D eigenvalue weighted by molar-refractivity contribution is 7.25. The van der Waals surface area contributed by atoms with Crippen molar-refractivity contribution in [3.05, 3.63) is 224 Å². The normalized spacial score (nSPS) is 11.4. The average Bonchev–Trinajstić information content (AvgIpc) is 3.67. The highest BCUT2D eigenvalue weighted by Gasteiger charge is 2.16. The van der Waals surface area contributed by atoms with E-state index in [1.54, 1.807) is 0 Å². The Morgan fingerprint density at radius 2 is 0.707 bits per heavy atom. The molecule has 0 aliphatic carbocycles. The number of thiophene rings is 1. The minimum absolute atomic E-state index is 1.10. The summed E-state index contributed by atoms with van der Waals surface area (Å²) in [4.78, 5) is 2.38. The van der Waals surface area contributed by atoms with Gasteiger partial charge in [0.1, 0.15) is 0 Å². The Hall–Kier alpha value is -7.26. The lowest BCUT2D eigenvalue weighted by molar-refractivity contribution is 1.28. The first-order valence-corrected chi connectivity index (χ1v) is 20.6. The number of rotatable bonds is 7. The predicted molar refractivity (Wildman–Crippen MR) is 251 cm³/mol. The Bertz CT molecular complexity index is 3250. The summed E-state index contributed by atoms with van der Waals surface area (Å²) < 4.78 is 2.64. The van der Waals surface area contributed by atoms with Crippen molar-refractivity contribution in [3.63, 3.8) is 0 Å². The molecule has 1 nitrogen and oxygen atoms in total. The van der Waals surface area contributed by atoms with Crippen molar-refractivity contribution in [1.82, 2.24) is 0 Å². The second-order valence-electron chi connectivity index (χ2n) is 14.9. The van der Waals surface area contributed by atoms with Crippen LogP contribution in [0, 0.1) is 0 Å². The van der Waals surface area contributed by atoms with E-state index in [0.29, 0.717) is 0 Å². The van der Waals surface area contributed by atoms with Crippen LogP contribution in [0.5, 0.6) is 0 Å². The molecule has 272 valence electrons. The molecule has 2 heteroatoms. The van der Waals surface area contributed by atoms with Gasteiger partial charge in [-0.05, 0) is 121 Å². The van der Waals surface area contributed by atoms with Gasteiger partial charge in [0.25, 0.3) is 0 Å². The van der Waals surface area contributed by atoms with E-state index >= 15 is 0 Å². The van der Waals surface area contributed by atoms with Crippen LogP contribution in [0.15, 0.2) is 224 Å². The molecule has 0 fully saturated rings. The fourth-order valence-corrected chi connectivity index (χ4v) is 9.65. The second-order valence-corrected chi connectivity index (χ2v) is 16.0. The fourth-order valence-electron chi connectivity index (χ4n) is 8.57. The smallest absolute Gasteiger partial charge is 0.0467 e. The molecule has 0 aliphatic heterocycles. The fraction of sp³-hybridized carbons (Fsp3) is 0. The van der Waals surface area contributed by atoms with Gasteiger partial charge in [0.2, 0.25) is 0 Å². The molecule has 0 aliphatic rings. The maximum absolute atomic E-state index is 2.38. The zero-order chi connectivity index (χ0) is 38.4. The van der Waals surface area contributed by atoms with Crippen molar-refractivity contribution >= 4 is 70.1 Å². The van der Waals surface area contributed by atoms with E-state index in [1.165, 1.54) is 86.2 Å². The molecule has 11 rings (SSSR count). The van der Waals surface area contributed by atoms with Gasteiger partial charge in [0.15, 0.2) is 0 Å². The van der Waals surface area contributed by atoms with Crippen molar-refractivity contribution < 1.29 is 0 Å². The number of hydrogen-bond acceptors (Lipinski definition) is 2. The van der Waals surface area contributed by atoms with Crippen LogP contribution < -0.4 is 4.90 Å². The second kappa shape index (κ2) is 14.4. The maximum Gasteiger partial charge on any atom is 0.0467 e. The molecule has 0 atom stereocenters. The number of nitrogens with zero attached hydrogens (tertiary/aromatic N) is 1. The summed E-state index contributed by atoms with van der Waals surface area (Å²) >= 11 is 1.86. The van der Waals surface area contributed by atoms with E-state index < -0.39 is 0 Å². The van der Waals surface area contributed by atoms with Crippen LogP contribution in [0.1, 0.15) is 0 Å². The molecule has 11 aromatic rings. The monoisotopic (exact) mass is 755 g/mol. The zero-order valence-electron chi connectivity index (χ0n) is 31.7. The zero-order valence-corrected chi connectivity index (χ0v) is 32.5. The molecule has 0 amide bonds. The van der Waals surface area contributed by atoms with Crippen LogP contribution in [-0.2, 0) is 0 Å². The highest BCUT2D eigenvalue weighted by Crippen LogP contribution is 2.41. The van der Waals surface area contributed by atoms with Crippen LogP contribution in [0.25, 0.3) is 86.2 Å². The van der Waals surface area contributed by atoms with Gasteiger partial charge in [-0.3, -0.25) is 0 Å². The molecule has 1 aromatic heterocycles. The third-order valence-electron chi connectivity index (χ3n) is 11.5. The molecule has 0 unspecified atom stereocenters. The predicted octanol–water partition coefficient (Wildman–Crippen LogP) is 16.5. The summed E-state index contributed by atoms with van der Waals surface area (Å²) in [5.41, 5.74) is 13.0. The average molecular weight is 756 g/mol. The summed E-state index contributed by atoms with van der Waals surface area (Å²) in [7, 11) is 0. The summed E-state index contributed by atoms with van der Waals surface area (Å²) in [6.07, 6.45) is 0. The Kier molecular flexibility index (Phi) is 8.42. The molecule has 0 saturated carbocycles. The molecule has 58 heavy (non-hydrogen) atoms. The summed E-state index contributed by atoms with van der Waals surface area (Å²) in [5.74, 6) is 0. The van der Waals surface area contributed by atoms with Crippen LogP contribution in [0.2, 0.25) is 0 Å². The molecular weight excluding hydrogens is 719 g/mol. The third kappa shape index (κ3) is 6.12. The number of benzene rings is 10. The molecule has 0 spiro atoms. The molecule has 10 aromatic carbocycles. The maximum atomic E-state index is 2.38. The van der Waals surface area contributed by atoms with Gasteiger partial charge in [0, 0.05) is 37.2 Å². The molecule has 0 saturated heterocycles. The van der Waals surface area contributed by atoms with E-state index in [-0.39, 0.29) is 0 Å². The summed E-state index contributed by atoms with van der Waals surface area (Å²) in [6.45, 7) is 0. The first-order chi connectivity index (χ1) is 28.7. The molecule has 1 heterocycles. The minimum atomic E-state index is 1.10. The van der Waals surface area contributed by atoms with Crippen molar-refractivity contribution in [1.29, 1.82) is 0 Å². The lowest BCUT2D eigenvalue weighted by atomic mass is 9.96. The van der Waals surface area contributed by atoms with E-state index in [0.717, 1.165) is 17.1 Å². The van der Waals surface area contributed by atoms with Crippen LogP contribution in [-0.4, -0.2) is 0 Å². The van der Waals surface area contributed by atoms with E-state index in [2.05, 4.69) is 229 Å². The van der Waals surface area contributed by atoms with Crippen molar-refractivity contribution in [2.24, 2.45) is 0 Å². The summed E-state index contributed by atoms with van der Waals surface area (Å²) in [5, 5.41) is 7.67. The van der Waals surface area contributed by atoms with Gasteiger partial charge in [-0.1, -0.05) is 170 Å². The Labute approximate surface area is 342 Å². The summed E-state index contributed by atoms with van der Waals surface area (Å²) in [6, 6.07) is 81.9. The van der Waals surface area contributed by atoms with Gasteiger partial charge in [-0.2, -0.15) is 0 Å². The first-order valence-electron chi connectivity index (χ1n) is 19.8. The van der Waals surface area contributed by atoms with E-state index in [4.69, 9.17) is 0 Å². The Morgan fingerprint density at radius 3 is 1.34 bits per heavy atom. The van der Waals surface area contributed by atoms with Crippen LogP contribution >= 0.6 is 11.3 Å². The standard InChI is InChI=1S/C56H37NS/c1-3-16-49-40(10-1)12-8-19-51(49)42-24-22-38(23-25-42)39-26-31-46(32-27-39)57(47-33-28-43(29-34-47)52-20-9-13-41-11-2-4-17-50(41)52)48-15-7-14-44(36-48)45-30-35-56-54(37-45)53-18-5-6-21-55(53)58-56/h1-37H. The minimum Gasteiger partial charge on any atom is -0.310 e. The van der Waals surface area contributed by atoms with Crippen molar-refractivity contribution in [2.75, 3.05) is 4.90 Å². The van der Waals surface area contributed by atoms with Gasteiger partial charge in [-0.15, -0.1) is 11.3 Å². The van der Waals surface area contributed by atoms with Crippen molar-refractivity contribution in [3.8, 4) is 44.5 Å². The molecule has 0 radical (unpaired) electrons. The topological polar surface area (TPSA) is 3.24 Å². The lowest BCUT2D eigenvalue weighted by Gasteiger charge is -2.26. The SMILES string of the molecule is c1cc(-c2ccc3sc4ccccc4c3c2)cc(N(c2ccc(-c3ccc(-c4cccc5ccccc45)cc3)cc2)c2ccc(-c3cccc4ccccc34)cc2)c1. The number of hydrogen-bond donors (Lipinski definition) is 0. The number of anilines is 3. The quantitative estimate of drug-likeness (QED) is 0.157. The number of fused-ring (bicyclic) bond motifs is 5. The molecule has 0 bridgehead atoms. The van der Waals surface area contributed by atoms with Crippen LogP contribution in [0.3, 0.4) is 0 Å². The highest BCUT2D eigenvalue weighted by atomic mass is 32.1. The first kappa shape index (κ1) is 34.0. The molecular formula is C56H37NS. The van der Waals surface area contributed by atoms with E-state index in [9.17, 15) is 0 Å².